The molecule has 1 unspecified atom stereocenters. The van der Waals surface area contributed by atoms with Crippen LogP contribution in [0.4, 0.5) is 0 Å². The van der Waals surface area contributed by atoms with Gasteiger partial charge in [0.1, 0.15) is 6.26 Å². The highest BCUT2D eigenvalue weighted by atomic mass is 79.9. The molecule has 0 fully saturated rings. The lowest BCUT2D eigenvalue weighted by molar-refractivity contribution is 0.505. The molecule has 1 aromatic heterocycles. The molecule has 1 heterocycles. The number of halogens is 1. The summed E-state index contributed by atoms with van der Waals surface area (Å²) in [6, 6.07) is 8.00. The van der Waals surface area contributed by atoms with Gasteiger partial charge in [-0.05, 0) is 24.6 Å². The van der Waals surface area contributed by atoms with E-state index in [1.165, 1.54) is 0 Å². The summed E-state index contributed by atoms with van der Waals surface area (Å²) in [4.78, 5) is 4.33. The van der Waals surface area contributed by atoms with E-state index < -0.39 is 0 Å². The van der Waals surface area contributed by atoms with E-state index in [4.69, 9.17) is 10.2 Å². The van der Waals surface area contributed by atoms with Crippen molar-refractivity contribution in [3.63, 3.8) is 0 Å². The van der Waals surface area contributed by atoms with Gasteiger partial charge in [-0.15, -0.1) is 0 Å². The third-order valence-corrected chi connectivity index (χ3v) is 2.77. The first-order valence-corrected chi connectivity index (χ1v) is 5.89. The van der Waals surface area contributed by atoms with E-state index in [0.29, 0.717) is 12.3 Å². The Morgan fingerprint density at radius 3 is 2.94 bits per heavy atom. The van der Waals surface area contributed by atoms with Crippen molar-refractivity contribution in [2.45, 2.75) is 19.4 Å². The van der Waals surface area contributed by atoms with E-state index in [1.54, 1.807) is 6.26 Å². The standard InChI is InChI=1S/C12H13BrN2O/c1-8(14)11-7-16-12(15-11)6-9-3-2-4-10(13)5-9/h2-5,7-8H,6,14H2,1H3. The molecule has 0 aliphatic heterocycles. The Morgan fingerprint density at radius 1 is 1.50 bits per heavy atom. The van der Waals surface area contributed by atoms with Gasteiger partial charge in [-0.25, -0.2) is 4.98 Å². The Balaban J connectivity index is 2.14. The maximum atomic E-state index is 5.71. The number of nitrogens with zero attached hydrogens (tertiary/aromatic N) is 1. The van der Waals surface area contributed by atoms with Gasteiger partial charge < -0.3 is 10.2 Å². The number of benzene rings is 1. The van der Waals surface area contributed by atoms with Crippen molar-refractivity contribution >= 4 is 15.9 Å². The molecule has 0 radical (unpaired) electrons. The maximum absolute atomic E-state index is 5.71. The molecule has 0 amide bonds. The molecule has 1 atom stereocenters. The van der Waals surface area contributed by atoms with E-state index in [-0.39, 0.29) is 6.04 Å². The highest BCUT2D eigenvalue weighted by Crippen LogP contribution is 2.16. The lowest BCUT2D eigenvalue weighted by Gasteiger charge is -1.98. The summed E-state index contributed by atoms with van der Waals surface area (Å²) < 4.78 is 6.42. The van der Waals surface area contributed by atoms with Crippen molar-refractivity contribution in [2.75, 3.05) is 0 Å². The molecule has 2 rings (SSSR count). The average molecular weight is 281 g/mol. The second kappa shape index (κ2) is 4.80. The molecule has 2 aromatic rings. The molecule has 2 N–H and O–H groups in total. The molecular formula is C12H13BrN2O. The van der Waals surface area contributed by atoms with Crippen LogP contribution >= 0.6 is 15.9 Å². The van der Waals surface area contributed by atoms with Crippen LogP contribution in [0.2, 0.25) is 0 Å². The molecule has 0 saturated carbocycles. The van der Waals surface area contributed by atoms with Crippen LogP contribution in [0.5, 0.6) is 0 Å². The topological polar surface area (TPSA) is 52.0 Å². The number of rotatable bonds is 3. The number of oxazole rings is 1. The van der Waals surface area contributed by atoms with E-state index in [2.05, 4.69) is 27.0 Å². The zero-order valence-electron chi connectivity index (χ0n) is 8.98. The van der Waals surface area contributed by atoms with Crippen LogP contribution in [-0.4, -0.2) is 4.98 Å². The number of aromatic nitrogens is 1. The van der Waals surface area contributed by atoms with Gasteiger partial charge in [-0.1, -0.05) is 28.1 Å². The van der Waals surface area contributed by atoms with Gasteiger partial charge in [0, 0.05) is 16.9 Å². The lowest BCUT2D eigenvalue weighted by atomic mass is 10.1. The van der Waals surface area contributed by atoms with Crippen LogP contribution in [0.3, 0.4) is 0 Å². The fourth-order valence-corrected chi connectivity index (χ4v) is 1.88. The van der Waals surface area contributed by atoms with Crippen molar-refractivity contribution in [1.29, 1.82) is 0 Å². The van der Waals surface area contributed by atoms with Crippen molar-refractivity contribution in [3.05, 3.63) is 52.1 Å². The van der Waals surface area contributed by atoms with Crippen molar-refractivity contribution < 1.29 is 4.42 Å². The minimum atomic E-state index is -0.0833. The smallest absolute Gasteiger partial charge is 0.198 e. The average Bonchev–Trinajstić information content (AvgIpc) is 2.66. The molecule has 4 heteroatoms. The van der Waals surface area contributed by atoms with Crippen molar-refractivity contribution in [3.8, 4) is 0 Å². The SMILES string of the molecule is CC(N)c1coc(Cc2cccc(Br)c2)n1. The lowest BCUT2D eigenvalue weighted by Crippen LogP contribution is -2.05. The van der Waals surface area contributed by atoms with E-state index in [1.807, 2.05) is 25.1 Å². The third kappa shape index (κ3) is 2.71. The molecule has 0 aliphatic carbocycles. The first-order valence-electron chi connectivity index (χ1n) is 5.09. The van der Waals surface area contributed by atoms with Gasteiger partial charge in [-0.3, -0.25) is 0 Å². The molecule has 16 heavy (non-hydrogen) atoms. The van der Waals surface area contributed by atoms with E-state index in [9.17, 15) is 0 Å². The van der Waals surface area contributed by atoms with Gasteiger partial charge in [0.05, 0.1) is 5.69 Å². The number of hydrogen-bond donors (Lipinski definition) is 1. The van der Waals surface area contributed by atoms with E-state index >= 15 is 0 Å². The summed E-state index contributed by atoms with van der Waals surface area (Å²) in [7, 11) is 0. The molecule has 84 valence electrons. The molecule has 0 spiro atoms. The number of nitrogens with two attached hydrogens (primary N) is 1. The van der Waals surface area contributed by atoms with Crippen molar-refractivity contribution in [1.82, 2.24) is 4.98 Å². The normalized spacial score (nSPS) is 12.7. The first kappa shape index (κ1) is 11.4. The van der Waals surface area contributed by atoms with Gasteiger partial charge >= 0.3 is 0 Å². The van der Waals surface area contributed by atoms with Crippen LogP contribution in [0.1, 0.15) is 30.1 Å². The van der Waals surface area contributed by atoms with Gasteiger partial charge in [0.2, 0.25) is 0 Å². The highest BCUT2D eigenvalue weighted by molar-refractivity contribution is 9.10. The fourth-order valence-electron chi connectivity index (χ4n) is 1.44. The van der Waals surface area contributed by atoms with Crippen LogP contribution in [0.25, 0.3) is 0 Å². The van der Waals surface area contributed by atoms with E-state index in [0.717, 1.165) is 15.7 Å². The second-order valence-corrected chi connectivity index (χ2v) is 4.68. The summed E-state index contributed by atoms with van der Waals surface area (Å²) >= 11 is 3.43. The van der Waals surface area contributed by atoms with Crippen molar-refractivity contribution in [2.24, 2.45) is 5.73 Å². The zero-order chi connectivity index (χ0) is 11.5. The minimum Gasteiger partial charge on any atom is -0.448 e. The molecule has 3 nitrogen and oxygen atoms in total. The Morgan fingerprint density at radius 2 is 2.31 bits per heavy atom. The Kier molecular flexibility index (Phi) is 3.41. The summed E-state index contributed by atoms with van der Waals surface area (Å²) in [5.74, 6) is 0.699. The highest BCUT2D eigenvalue weighted by Gasteiger charge is 2.08. The summed E-state index contributed by atoms with van der Waals surface area (Å²) in [6.07, 6.45) is 2.31. The van der Waals surface area contributed by atoms with Gasteiger partial charge in [0.15, 0.2) is 5.89 Å². The molecule has 0 saturated heterocycles. The predicted octanol–water partition coefficient (Wildman–Crippen LogP) is 3.05. The predicted molar refractivity (Wildman–Crippen MR) is 66.1 cm³/mol. The first-order chi connectivity index (χ1) is 7.65. The summed E-state index contributed by atoms with van der Waals surface area (Å²) in [5, 5.41) is 0. The summed E-state index contributed by atoms with van der Waals surface area (Å²) in [6.45, 7) is 1.89. The second-order valence-electron chi connectivity index (χ2n) is 3.76. The Bertz CT molecular complexity index is 479. The van der Waals surface area contributed by atoms with Crippen LogP contribution in [0, 0.1) is 0 Å². The summed E-state index contributed by atoms with van der Waals surface area (Å²) in [5.41, 5.74) is 7.67. The van der Waals surface area contributed by atoms with Crippen LogP contribution in [0.15, 0.2) is 39.4 Å². The van der Waals surface area contributed by atoms with Crippen LogP contribution in [-0.2, 0) is 6.42 Å². The Labute approximate surface area is 103 Å². The molecule has 0 bridgehead atoms. The molecular weight excluding hydrogens is 268 g/mol. The van der Waals surface area contributed by atoms with Crippen LogP contribution < -0.4 is 5.73 Å². The van der Waals surface area contributed by atoms with Gasteiger partial charge in [0.25, 0.3) is 0 Å². The minimum absolute atomic E-state index is 0.0833. The largest absolute Gasteiger partial charge is 0.448 e. The zero-order valence-corrected chi connectivity index (χ0v) is 10.6. The maximum Gasteiger partial charge on any atom is 0.198 e. The third-order valence-electron chi connectivity index (χ3n) is 2.28. The number of hydrogen-bond acceptors (Lipinski definition) is 3. The fraction of sp³-hybridized carbons (Fsp3) is 0.250. The molecule has 0 aliphatic rings. The quantitative estimate of drug-likeness (QED) is 0.940. The Hall–Kier alpha value is -1.13. The van der Waals surface area contributed by atoms with Gasteiger partial charge in [-0.2, -0.15) is 0 Å². The molecule has 1 aromatic carbocycles. The monoisotopic (exact) mass is 280 g/mol.